The minimum Gasteiger partial charge on any atom is -0.352 e. The second kappa shape index (κ2) is 11.2. The number of hydrogen-bond donors (Lipinski definition) is 1. The number of halogens is 2. The van der Waals surface area contributed by atoms with Gasteiger partial charge in [-0.2, -0.15) is 0 Å². The zero-order valence-corrected chi connectivity index (χ0v) is 21.6. The number of benzene rings is 2. The monoisotopic (exact) mass is 513 g/mol. The van der Waals surface area contributed by atoms with Gasteiger partial charge in [0.1, 0.15) is 12.6 Å². The lowest BCUT2D eigenvalue weighted by atomic mass is 10.1. The Morgan fingerprint density at radius 2 is 1.61 bits per heavy atom. The minimum atomic E-state index is -3.78. The Kier molecular flexibility index (Phi) is 9.17. The quantitative estimate of drug-likeness (QED) is 0.548. The molecule has 0 heterocycles. The van der Waals surface area contributed by atoms with Gasteiger partial charge in [0, 0.05) is 28.2 Å². The molecule has 0 radical (unpaired) electrons. The van der Waals surface area contributed by atoms with Crippen LogP contribution in [-0.2, 0) is 26.2 Å². The summed E-state index contributed by atoms with van der Waals surface area (Å²) in [6, 6.07) is 10.8. The van der Waals surface area contributed by atoms with Crippen LogP contribution in [-0.4, -0.2) is 50.0 Å². The minimum absolute atomic E-state index is 0.0601. The Balaban J connectivity index is 2.45. The molecule has 0 fully saturated rings. The van der Waals surface area contributed by atoms with E-state index in [1.165, 1.54) is 4.90 Å². The van der Waals surface area contributed by atoms with Gasteiger partial charge in [0.05, 0.1) is 11.9 Å². The van der Waals surface area contributed by atoms with Gasteiger partial charge in [-0.15, -0.1) is 0 Å². The molecule has 2 rings (SSSR count). The average molecular weight is 514 g/mol. The van der Waals surface area contributed by atoms with Crippen LogP contribution >= 0.6 is 23.2 Å². The number of nitrogens with zero attached hydrogens (tertiary/aromatic N) is 2. The van der Waals surface area contributed by atoms with Gasteiger partial charge in [0.2, 0.25) is 21.8 Å². The fourth-order valence-electron chi connectivity index (χ4n) is 3.24. The lowest BCUT2D eigenvalue weighted by Gasteiger charge is -2.32. The van der Waals surface area contributed by atoms with Crippen LogP contribution in [0.2, 0.25) is 10.0 Å². The molecule has 2 aromatic rings. The molecule has 10 heteroatoms. The number of nitrogens with one attached hydrogen (secondary N) is 1. The molecule has 180 valence electrons. The summed E-state index contributed by atoms with van der Waals surface area (Å²) in [5.41, 5.74) is 1.68. The topological polar surface area (TPSA) is 86.8 Å². The highest BCUT2D eigenvalue weighted by atomic mass is 35.5. The Morgan fingerprint density at radius 1 is 1.03 bits per heavy atom. The zero-order valence-electron chi connectivity index (χ0n) is 19.3. The Morgan fingerprint density at radius 3 is 2.12 bits per heavy atom. The van der Waals surface area contributed by atoms with E-state index in [0.717, 1.165) is 16.1 Å². The van der Waals surface area contributed by atoms with Crippen LogP contribution in [0.4, 0.5) is 5.69 Å². The first-order valence-electron chi connectivity index (χ1n) is 10.4. The van der Waals surface area contributed by atoms with Crippen molar-refractivity contribution in [1.29, 1.82) is 0 Å². The van der Waals surface area contributed by atoms with E-state index < -0.39 is 28.5 Å². The molecule has 33 heavy (non-hydrogen) atoms. The zero-order chi connectivity index (χ0) is 24.9. The predicted molar refractivity (Wildman–Crippen MR) is 133 cm³/mol. The highest BCUT2D eigenvalue weighted by Gasteiger charge is 2.31. The van der Waals surface area contributed by atoms with Crippen LogP contribution in [0.15, 0.2) is 42.5 Å². The summed E-state index contributed by atoms with van der Waals surface area (Å²) in [6.45, 7) is 6.49. The summed E-state index contributed by atoms with van der Waals surface area (Å²) in [6.07, 6.45) is 1.03. The van der Waals surface area contributed by atoms with E-state index in [1.807, 2.05) is 26.8 Å². The van der Waals surface area contributed by atoms with E-state index in [4.69, 9.17) is 23.2 Å². The summed E-state index contributed by atoms with van der Waals surface area (Å²) < 4.78 is 26.1. The summed E-state index contributed by atoms with van der Waals surface area (Å²) in [4.78, 5) is 27.5. The molecule has 0 saturated heterocycles. The molecule has 1 unspecified atom stereocenters. The Hall–Kier alpha value is -2.29. The van der Waals surface area contributed by atoms with Gasteiger partial charge in [-0.3, -0.25) is 13.9 Å². The summed E-state index contributed by atoms with van der Waals surface area (Å²) in [5, 5.41) is 3.47. The smallest absolute Gasteiger partial charge is 0.244 e. The molecule has 2 aromatic carbocycles. The molecule has 0 aliphatic rings. The maximum atomic E-state index is 13.5. The summed E-state index contributed by atoms with van der Waals surface area (Å²) in [7, 11) is -3.78. The van der Waals surface area contributed by atoms with Gasteiger partial charge in [0.15, 0.2) is 0 Å². The van der Waals surface area contributed by atoms with Crippen LogP contribution in [0.1, 0.15) is 31.9 Å². The molecule has 0 aliphatic heterocycles. The number of amides is 2. The summed E-state index contributed by atoms with van der Waals surface area (Å²) in [5.74, 6) is -0.938. The number of aryl methyl sites for hydroxylation is 1. The normalized spacial score (nSPS) is 12.4. The highest BCUT2D eigenvalue weighted by Crippen LogP contribution is 2.27. The van der Waals surface area contributed by atoms with Crippen molar-refractivity contribution in [1.82, 2.24) is 10.2 Å². The fraction of sp³-hybridized carbons (Fsp3) is 0.391. The first-order chi connectivity index (χ1) is 15.3. The Bertz CT molecular complexity index is 1100. The van der Waals surface area contributed by atoms with E-state index >= 15 is 0 Å². The first kappa shape index (κ1) is 27.0. The standard InChI is InChI=1S/C23H29Cl2N3O4S/c1-15(2)26-23(30)17(4)27(13-19-20(24)10-7-11-21(19)25)22(29)14-28(33(5,31)32)18-9-6-8-16(3)12-18/h6-12,15,17H,13-14H2,1-5H3,(H,26,30). The average Bonchev–Trinajstić information content (AvgIpc) is 2.69. The van der Waals surface area contributed by atoms with Gasteiger partial charge in [-0.1, -0.05) is 41.4 Å². The number of sulfonamides is 1. The van der Waals surface area contributed by atoms with E-state index in [9.17, 15) is 18.0 Å². The molecular formula is C23H29Cl2N3O4S. The van der Waals surface area contributed by atoms with E-state index in [1.54, 1.807) is 43.3 Å². The Labute approximate surface area is 205 Å². The molecule has 0 aromatic heterocycles. The molecule has 0 saturated carbocycles. The van der Waals surface area contributed by atoms with Crippen LogP contribution < -0.4 is 9.62 Å². The van der Waals surface area contributed by atoms with Crippen molar-refractivity contribution in [3.63, 3.8) is 0 Å². The lowest BCUT2D eigenvalue weighted by Crippen LogP contribution is -2.52. The number of carbonyl (C=O) groups excluding carboxylic acids is 2. The lowest BCUT2D eigenvalue weighted by molar-refractivity contribution is -0.139. The van der Waals surface area contributed by atoms with Gasteiger partial charge in [-0.05, 0) is 57.5 Å². The molecular weight excluding hydrogens is 485 g/mol. The van der Waals surface area contributed by atoms with Crippen LogP contribution in [0, 0.1) is 6.92 Å². The second-order valence-corrected chi connectivity index (χ2v) is 10.9. The predicted octanol–water partition coefficient (Wildman–Crippen LogP) is 4.01. The third kappa shape index (κ3) is 7.35. The van der Waals surface area contributed by atoms with Gasteiger partial charge in [-0.25, -0.2) is 8.42 Å². The molecule has 0 spiro atoms. The van der Waals surface area contributed by atoms with Crippen LogP contribution in [0.25, 0.3) is 0 Å². The highest BCUT2D eigenvalue weighted by molar-refractivity contribution is 7.92. The molecule has 2 amide bonds. The molecule has 1 N–H and O–H groups in total. The van der Waals surface area contributed by atoms with Crippen molar-refractivity contribution in [2.75, 3.05) is 17.1 Å². The second-order valence-electron chi connectivity index (χ2n) is 8.17. The van der Waals surface area contributed by atoms with Crippen molar-refractivity contribution < 1.29 is 18.0 Å². The molecule has 7 nitrogen and oxygen atoms in total. The van der Waals surface area contributed by atoms with Gasteiger partial charge in [0.25, 0.3) is 0 Å². The van der Waals surface area contributed by atoms with Crippen molar-refractivity contribution in [2.24, 2.45) is 0 Å². The van der Waals surface area contributed by atoms with E-state index in [-0.39, 0.29) is 18.5 Å². The van der Waals surface area contributed by atoms with Crippen molar-refractivity contribution in [2.45, 2.75) is 46.3 Å². The molecule has 0 bridgehead atoms. The number of carbonyl (C=O) groups is 2. The van der Waals surface area contributed by atoms with Gasteiger partial charge < -0.3 is 10.2 Å². The van der Waals surface area contributed by atoms with E-state index in [0.29, 0.717) is 21.3 Å². The summed E-state index contributed by atoms with van der Waals surface area (Å²) >= 11 is 12.6. The maximum Gasteiger partial charge on any atom is 0.244 e. The number of anilines is 1. The van der Waals surface area contributed by atoms with Crippen LogP contribution in [0.5, 0.6) is 0 Å². The number of rotatable bonds is 9. The van der Waals surface area contributed by atoms with Crippen molar-refractivity contribution in [3.05, 3.63) is 63.6 Å². The fourth-order valence-corrected chi connectivity index (χ4v) is 4.60. The van der Waals surface area contributed by atoms with E-state index in [2.05, 4.69) is 5.32 Å². The van der Waals surface area contributed by atoms with Crippen molar-refractivity contribution >= 4 is 50.7 Å². The van der Waals surface area contributed by atoms with Crippen LogP contribution in [0.3, 0.4) is 0 Å². The molecule has 0 aliphatic carbocycles. The third-order valence-corrected chi connectivity index (χ3v) is 6.81. The van der Waals surface area contributed by atoms with Gasteiger partial charge >= 0.3 is 0 Å². The third-order valence-electron chi connectivity index (χ3n) is 4.96. The SMILES string of the molecule is Cc1cccc(N(CC(=O)N(Cc2c(Cl)cccc2Cl)C(C)C(=O)NC(C)C)S(C)(=O)=O)c1. The molecule has 1 atom stereocenters. The van der Waals surface area contributed by atoms with Crippen molar-refractivity contribution in [3.8, 4) is 0 Å². The first-order valence-corrected chi connectivity index (χ1v) is 13.0. The largest absolute Gasteiger partial charge is 0.352 e. The number of hydrogen-bond acceptors (Lipinski definition) is 4. The maximum absolute atomic E-state index is 13.5.